The van der Waals surface area contributed by atoms with Crippen LogP contribution in [0.5, 0.6) is 5.75 Å². The van der Waals surface area contributed by atoms with Gasteiger partial charge in [0.05, 0.1) is 9.79 Å². The summed E-state index contributed by atoms with van der Waals surface area (Å²) < 4.78 is 56.2. The van der Waals surface area contributed by atoms with Crippen LogP contribution < -0.4 is 19.9 Å². The minimum Gasteiger partial charge on any atom is -0.484 e. The number of aryl methyl sites for hydroxylation is 3. The molecule has 4 N–H and O–H groups in total. The van der Waals surface area contributed by atoms with Crippen LogP contribution in [0.15, 0.2) is 70.5 Å². The van der Waals surface area contributed by atoms with E-state index >= 15 is 0 Å². The van der Waals surface area contributed by atoms with Crippen LogP contribution in [0.3, 0.4) is 0 Å². The number of nitrogens with one attached hydrogen (secondary N) is 2. The molecular weight excluding hydrogens is 490 g/mol. The molecule has 0 unspecified atom stereocenters. The van der Waals surface area contributed by atoms with Crippen molar-refractivity contribution in [2.45, 2.75) is 37.1 Å². The lowest BCUT2D eigenvalue weighted by molar-refractivity contribution is -0.123. The molecule has 0 atom stereocenters. The fourth-order valence-electron chi connectivity index (χ4n) is 3.16. The van der Waals surface area contributed by atoms with Crippen LogP contribution >= 0.6 is 0 Å². The maximum Gasteiger partial charge on any atom is 0.261 e. The molecule has 186 valence electrons. The summed E-state index contributed by atoms with van der Waals surface area (Å²) >= 11 is 0. The summed E-state index contributed by atoms with van der Waals surface area (Å²) in [6.07, 6.45) is 0. The molecular formula is C24H27N3O6S2. The number of rotatable bonds is 9. The molecule has 3 rings (SSSR count). The van der Waals surface area contributed by atoms with E-state index in [1.807, 2.05) is 19.9 Å². The minimum absolute atomic E-state index is 0.0129. The van der Waals surface area contributed by atoms with Crippen molar-refractivity contribution in [1.29, 1.82) is 0 Å². The van der Waals surface area contributed by atoms with Gasteiger partial charge >= 0.3 is 0 Å². The first-order valence-corrected chi connectivity index (χ1v) is 13.6. The Morgan fingerprint density at radius 2 is 1.49 bits per heavy atom. The number of anilines is 1. The molecule has 0 aliphatic carbocycles. The van der Waals surface area contributed by atoms with Gasteiger partial charge in [-0.15, -0.1) is 0 Å². The molecule has 0 aliphatic heterocycles. The van der Waals surface area contributed by atoms with Crippen LogP contribution in [0.1, 0.15) is 22.3 Å². The molecule has 0 aromatic heterocycles. The van der Waals surface area contributed by atoms with E-state index in [2.05, 4.69) is 10.0 Å². The maximum atomic E-state index is 12.8. The fraction of sp³-hybridized carbons (Fsp3) is 0.208. The number of hydrogen-bond donors (Lipinski definition) is 3. The maximum absolute atomic E-state index is 12.8. The zero-order valence-corrected chi connectivity index (χ0v) is 21.2. The number of hydrogen-bond acceptors (Lipinski definition) is 6. The summed E-state index contributed by atoms with van der Waals surface area (Å²) in [5, 5.41) is 7.73. The molecule has 0 bridgehead atoms. The van der Waals surface area contributed by atoms with Gasteiger partial charge in [-0.05, 0) is 85.5 Å². The van der Waals surface area contributed by atoms with Crippen molar-refractivity contribution in [1.82, 2.24) is 5.32 Å². The van der Waals surface area contributed by atoms with Crippen molar-refractivity contribution in [2.24, 2.45) is 5.14 Å². The zero-order valence-electron chi connectivity index (χ0n) is 19.5. The van der Waals surface area contributed by atoms with Gasteiger partial charge < -0.3 is 10.1 Å². The van der Waals surface area contributed by atoms with E-state index in [4.69, 9.17) is 9.88 Å². The highest BCUT2D eigenvalue weighted by atomic mass is 32.2. The lowest BCUT2D eigenvalue weighted by Gasteiger charge is -2.13. The average molecular weight is 518 g/mol. The van der Waals surface area contributed by atoms with Crippen LogP contribution in [0.25, 0.3) is 0 Å². The van der Waals surface area contributed by atoms with E-state index in [0.717, 1.165) is 11.1 Å². The zero-order chi connectivity index (χ0) is 25.8. The van der Waals surface area contributed by atoms with Crippen LogP contribution in [-0.4, -0.2) is 29.3 Å². The van der Waals surface area contributed by atoms with Gasteiger partial charge in [0.15, 0.2) is 6.61 Å². The Hall–Kier alpha value is -3.41. The summed E-state index contributed by atoms with van der Waals surface area (Å²) in [5.41, 5.74) is 3.76. The number of carbonyl (C=O) groups is 1. The summed E-state index contributed by atoms with van der Waals surface area (Å²) in [5.74, 6) is -0.0178. The third-order valence-electron chi connectivity index (χ3n) is 5.32. The second-order valence-corrected chi connectivity index (χ2v) is 11.3. The Morgan fingerprint density at radius 3 is 2.09 bits per heavy atom. The predicted octanol–water partition coefficient (Wildman–Crippen LogP) is 2.76. The molecule has 35 heavy (non-hydrogen) atoms. The first-order chi connectivity index (χ1) is 16.3. The standard InChI is InChI=1S/C24H27N3O6S2/c1-16-4-7-20(12-17(16)2)27-35(31,32)22-10-11-23(18(3)13-22)33-15-24(28)26-14-19-5-8-21(9-6-19)34(25,29)30/h4-13,27H,14-15H2,1-3H3,(H,26,28)(H2,25,29,30). The quantitative estimate of drug-likeness (QED) is 0.398. The molecule has 0 radical (unpaired) electrons. The minimum atomic E-state index is -3.80. The fourth-order valence-corrected chi connectivity index (χ4v) is 4.81. The molecule has 11 heteroatoms. The van der Waals surface area contributed by atoms with Crippen LogP contribution in [0.4, 0.5) is 5.69 Å². The highest BCUT2D eigenvalue weighted by Gasteiger charge is 2.16. The van der Waals surface area contributed by atoms with E-state index in [0.29, 0.717) is 22.6 Å². The second-order valence-electron chi connectivity index (χ2n) is 8.09. The van der Waals surface area contributed by atoms with Crippen molar-refractivity contribution < 1.29 is 26.4 Å². The number of amides is 1. The first-order valence-electron chi connectivity index (χ1n) is 10.6. The number of carbonyl (C=O) groups excluding carboxylic acids is 1. The summed E-state index contributed by atoms with van der Waals surface area (Å²) in [7, 11) is -7.57. The third-order valence-corrected chi connectivity index (χ3v) is 7.62. The molecule has 0 spiro atoms. The topological polar surface area (TPSA) is 145 Å². The van der Waals surface area contributed by atoms with Crippen molar-refractivity contribution in [2.75, 3.05) is 11.3 Å². The Labute approximate surface area is 205 Å². The van der Waals surface area contributed by atoms with Crippen molar-refractivity contribution in [3.63, 3.8) is 0 Å². The smallest absolute Gasteiger partial charge is 0.261 e. The number of ether oxygens (including phenoxy) is 1. The largest absolute Gasteiger partial charge is 0.484 e. The van der Waals surface area contributed by atoms with Gasteiger partial charge in [0.1, 0.15) is 5.75 Å². The van der Waals surface area contributed by atoms with Gasteiger partial charge in [-0.1, -0.05) is 18.2 Å². The van der Waals surface area contributed by atoms with E-state index < -0.39 is 26.0 Å². The van der Waals surface area contributed by atoms with Gasteiger partial charge in [0.25, 0.3) is 15.9 Å². The first kappa shape index (κ1) is 26.2. The molecule has 1 amide bonds. The number of sulfonamides is 2. The van der Waals surface area contributed by atoms with E-state index in [1.54, 1.807) is 31.2 Å². The second kappa shape index (κ2) is 10.5. The van der Waals surface area contributed by atoms with Crippen LogP contribution in [0, 0.1) is 20.8 Å². The summed E-state index contributed by atoms with van der Waals surface area (Å²) in [6, 6.07) is 15.5. The van der Waals surface area contributed by atoms with Crippen molar-refractivity contribution >= 4 is 31.6 Å². The van der Waals surface area contributed by atoms with E-state index in [9.17, 15) is 21.6 Å². The van der Waals surface area contributed by atoms with Gasteiger partial charge in [-0.2, -0.15) is 0 Å². The molecule has 3 aromatic rings. The summed E-state index contributed by atoms with van der Waals surface area (Å²) in [4.78, 5) is 12.2. The average Bonchev–Trinajstić information content (AvgIpc) is 2.78. The van der Waals surface area contributed by atoms with Gasteiger partial charge in [0, 0.05) is 12.2 Å². The molecule has 3 aromatic carbocycles. The van der Waals surface area contributed by atoms with Crippen molar-refractivity contribution in [3.05, 3.63) is 82.9 Å². The highest BCUT2D eigenvalue weighted by Crippen LogP contribution is 2.24. The molecule has 0 saturated heterocycles. The Balaban J connectivity index is 1.57. The Bertz CT molecular complexity index is 1450. The monoisotopic (exact) mass is 517 g/mol. The molecule has 0 heterocycles. The number of primary sulfonamides is 1. The Morgan fingerprint density at radius 1 is 0.829 bits per heavy atom. The summed E-state index contributed by atoms with van der Waals surface area (Å²) in [6.45, 7) is 5.44. The lowest BCUT2D eigenvalue weighted by atomic mass is 10.1. The number of benzene rings is 3. The SMILES string of the molecule is Cc1ccc(NS(=O)(=O)c2ccc(OCC(=O)NCc3ccc(S(N)(=O)=O)cc3)c(C)c2)cc1C. The van der Waals surface area contributed by atoms with Gasteiger partial charge in [0.2, 0.25) is 10.0 Å². The van der Waals surface area contributed by atoms with Gasteiger partial charge in [-0.3, -0.25) is 9.52 Å². The lowest BCUT2D eigenvalue weighted by Crippen LogP contribution is -2.28. The highest BCUT2D eigenvalue weighted by molar-refractivity contribution is 7.92. The van der Waals surface area contributed by atoms with Crippen LogP contribution in [0.2, 0.25) is 0 Å². The number of nitrogens with two attached hydrogens (primary N) is 1. The third kappa shape index (κ3) is 7.04. The normalized spacial score (nSPS) is 11.7. The van der Waals surface area contributed by atoms with E-state index in [1.165, 1.54) is 30.3 Å². The predicted molar refractivity (Wildman–Crippen MR) is 133 cm³/mol. The molecule has 0 saturated carbocycles. The van der Waals surface area contributed by atoms with Gasteiger partial charge in [-0.25, -0.2) is 22.0 Å². The molecule has 0 aliphatic rings. The van der Waals surface area contributed by atoms with E-state index in [-0.39, 0.29) is 22.9 Å². The van der Waals surface area contributed by atoms with Crippen molar-refractivity contribution in [3.8, 4) is 5.75 Å². The van der Waals surface area contributed by atoms with Crippen LogP contribution in [-0.2, 0) is 31.4 Å². The Kier molecular flexibility index (Phi) is 7.83. The molecule has 0 fully saturated rings. The molecule has 9 nitrogen and oxygen atoms in total.